The Morgan fingerprint density at radius 2 is 1.88 bits per heavy atom. The van der Waals surface area contributed by atoms with Gasteiger partial charge in [-0.2, -0.15) is 0 Å². The molecule has 2 saturated carbocycles. The Bertz CT molecular complexity index is 1660. The largest absolute Gasteiger partial charge is 0.494 e. The van der Waals surface area contributed by atoms with Gasteiger partial charge in [0.15, 0.2) is 5.82 Å². The van der Waals surface area contributed by atoms with Crippen LogP contribution in [-0.4, -0.2) is 75.7 Å². The van der Waals surface area contributed by atoms with Crippen molar-refractivity contribution in [3.05, 3.63) is 47.5 Å². The number of fused-ring (bicyclic) bond motifs is 4. The number of carbonyl (C=O) groups excluding carboxylic acids is 1. The van der Waals surface area contributed by atoms with Crippen molar-refractivity contribution < 1.29 is 9.53 Å². The predicted molar refractivity (Wildman–Crippen MR) is 157 cm³/mol. The zero-order valence-corrected chi connectivity index (χ0v) is 23.6. The fraction of sp³-hybridized carbons (Fsp3) is 0.500. The first-order valence-corrected chi connectivity index (χ1v) is 14.8. The van der Waals surface area contributed by atoms with Crippen LogP contribution in [-0.2, 0) is 13.6 Å². The van der Waals surface area contributed by atoms with E-state index in [2.05, 4.69) is 52.4 Å². The summed E-state index contributed by atoms with van der Waals surface area (Å²) in [6.07, 6.45) is 4.69. The summed E-state index contributed by atoms with van der Waals surface area (Å²) in [4.78, 5) is 23.2. The van der Waals surface area contributed by atoms with Crippen molar-refractivity contribution in [1.82, 2.24) is 23.9 Å². The number of nitrogens with zero attached hydrogens (tertiary/aromatic N) is 5. The van der Waals surface area contributed by atoms with E-state index < -0.39 is 0 Å². The third kappa shape index (κ3) is 3.58. The van der Waals surface area contributed by atoms with Crippen LogP contribution in [0, 0.1) is 11.8 Å². The maximum Gasteiger partial charge on any atom is 0.254 e. The Morgan fingerprint density at radius 1 is 1.05 bits per heavy atom. The van der Waals surface area contributed by atoms with E-state index in [1.807, 2.05) is 17.0 Å². The summed E-state index contributed by atoms with van der Waals surface area (Å²) < 4.78 is 10.5. The first kappa shape index (κ1) is 24.4. The Kier molecular flexibility index (Phi) is 5.39. The molecule has 2 aromatic carbocycles. The Balaban J connectivity index is 1.25. The molecule has 2 bridgehead atoms. The first-order chi connectivity index (χ1) is 19.4. The van der Waals surface area contributed by atoms with Gasteiger partial charge in [0.1, 0.15) is 11.3 Å². The lowest BCUT2D eigenvalue weighted by Gasteiger charge is -2.37. The fourth-order valence-corrected chi connectivity index (χ4v) is 7.78. The van der Waals surface area contributed by atoms with E-state index in [-0.39, 0.29) is 18.0 Å². The monoisotopic (exact) mass is 538 g/mol. The molecule has 40 heavy (non-hydrogen) atoms. The van der Waals surface area contributed by atoms with E-state index >= 15 is 0 Å². The maximum atomic E-state index is 13.7. The van der Waals surface area contributed by atoms with Gasteiger partial charge in [-0.15, -0.1) is 0 Å². The standard InChI is InChI=1S/C32H38N6O2/c1-35-15-22(16-35)23-6-4-5-19-12-26(37(29(19)23)14-18-7-8-18)31-34-24-11-21(13-27(40-3)30(24)36(31)2)32(39)38-17-20-9-10-25(38)28(20)33/h4-6,11-13,18,20,22,25,28H,7-10,14-17,33H2,1-3H3/t20-,25-,28-/m1/s1. The molecule has 8 heteroatoms. The number of imidazole rings is 1. The Hall–Kier alpha value is -3.36. The van der Waals surface area contributed by atoms with E-state index in [0.29, 0.717) is 23.1 Å². The fourth-order valence-electron chi connectivity index (χ4n) is 7.78. The van der Waals surface area contributed by atoms with E-state index in [4.69, 9.17) is 15.5 Å². The number of amides is 1. The molecule has 208 valence electrons. The predicted octanol–water partition coefficient (Wildman–Crippen LogP) is 4.20. The quantitative estimate of drug-likeness (QED) is 0.398. The molecule has 2 aromatic heterocycles. The average molecular weight is 539 g/mol. The number of hydrogen-bond acceptors (Lipinski definition) is 5. The summed E-state index contributed by atoms with van der Waals surface area (Å²) in [6.45, 7) is 3.97. The number of aryl methyl sites for hydroxylation is 1. The van der Waals surface area contributed by atoms with Crippen molar-refractivity contribution in [2.24, 2.45) is 24.6 Å². The van der Waals surface area contributed by atoms with Crippen LogP contribution in [0.25, 0.3) is 33.5 Å². The molecule has 4 aromatic rings. The zero-order chi connectivity index (χ0) is 27.3. The number of carbonyl (C=O) groups is 1. The first-order valence-electron chi connectivity index (χ1n) is 14.8. The number of benzene rings is 2. The average Bonchev–Trinajstić information content (AvgIpc) is 3.33. The van der Waals surface area contributed by atoms with Crippen LogP contribution in [0.2, 0.25) is 0 Å². The number of likely N-dealkylation sites (tertiary alicyclic amines) is 2. The highest BCUT2D eigenvalue weighted by Crippen LogP contribution is 2.42. The lowest BCUT2D eigenvalue weighted by atomic mass is 9.90. The number of nitrogens with two attached hydrogens (primary N) is 1. The van der Waals surface area contributed by atoms with Gasteiger partial charge in [0.2, 0.25) is 0 Å². The number of likely N-dealkylation sites (N-methyl/N-ethyl adjacent to an activating group) is 1. The van der Waals surface area contributed by atoms with Gasteiger partial charge in [0, 0.05) is 62.2 Å². The molecule has 1 amide bonds. The minimum absolute atomic E-state index is 0.0352. The van der Waals surface area contributed by atoms with Gasteiger partial charge < -0.3 is 29.4 Å². The Labute approximate surface area is 234 Å². The van der Waals surface area contributed by atoms with Crippen molar-refractivity contribution in [3.8, 4) is 17.3 Å². The minimum atomic E-state index is 0.0352. The minimum Gasteiger partial charge on any atom is -0.494 e. The maximum absolute atomic E-state index is 13.7. The molecule has 0 spiro atoms. The number of para-hydroxylation sites is 1. The van der Waals surface area contributed by atoms with Crippen LogP contribution in [0.1, 0.15) is 47.5 Å². The normalized spacial score (nSPS) is 24.9. The molecule has 8 rings (SSSR count). The van der Waals surface area contributed by atoms with Crippen LogP contribution < -0.4 is 10.5 Å². The van der Waals surface area contributed by atoms with Crippen LogP contribution in [0.3, 0.4) is 0 Å². The second kappa shape index (κ2) is 8.82. The second-order valence-corrected chi connectivity index (χ2v) is 12.8. The molecule has 8 nitrogen and oxygen atoms in total. The highest BCUT2D eigenvalue weighted by atomic mass is 16.5. The molecular formula is C32H38N6O2. The van der Waals surface area contributed by atoms with Gasteiger partial charge in [-0.3, -0.25) is 4.79 Å². The SMILES string of the molecule is COc1cc(C(=O)N2C[C@H]3CC[C@@H]2[C@@H]3N)cc2nc(-c3cc4cccc(C5CN(C)C5)c4n3CC3CC3)n(C)c12. The van der Waals surface area contributed by atoms with Crippen molar-refractivity contribution in [2.75, 3.05) is 33.8 Å². The van der Waals surface area contributed by atoms with Crippen LogP contribution >= 0.6 is 0 Å². The smallest absolute Gasteiger partial charge is 0.254 e. The van der Waals surface area contributed by atoms with Crippen molar-refractivity contribution in [1.29, 1.82) is 0 Å². The van der Waals surface area contributed by atoms with E-state index in [9.17, 15) is 4.79 Å². The molecule has 0 radical (unpaired) electrons. The van der Waals surface area contributed by atoms with Crippen LogP contribution in [0.15, 0.2) is 36.4 Å². The summed E-state index contributed by atoms with van der Waals surface area (Å²) in [5, 5.41) is 1.28. The van der Waals surface area contributed by atoms with E-state index in [1.165, 1.54) is 29.3 Å². The highest BCUT2D eigenvalue weighted by Gasteiger charge is 2.47. The van der Waals surface area contributed by atoms with Gasteiger partial charge in [-0.05, 0) is 68.3 Å². The van der Waals surface area contributed by atoms with E-state index in [1.54, 1.807) is 7.11 Å². The van der Waals surface area contributed by atoms with Crippen LogP contribution in [0.5, 0.6) is 5.75 Å². The lowest BCUT2D eigenvalue weighted by Crippen LogP contribution is -2.41. The van der Waals surface area contributed by atoms with Crippen molar-refractivity contribution in [3.63, 3.8) is 0 Å². The Morgan fingerprint density at radius 3 is 2.55 bits per heavy atom. The molecule has 4 aliphatic rings. The van der Waals surface area contributed by atoms with Gasteiger partial charge in [-0.1, -0.05) is 18.2 Å². The van der Waals surface area contributed by atoms with Gasteiger partial charge in [-0.25, -0.2) is 4.98 Å². The molecule has 4 heterocycles. The number of rotatable bonds is 6. The molecule has 4 fully saturated rings. The summed E-state index contributed by atoms with van der Waals surface area (Å²) in [7, 11) is 5.93. The number of hydrogen-bond donors (Lipinski definition) is 1. The van der Waals surface area contributed by atoms with Gasteiger partial charge in [0.05, 0.1) is 23.8 Å². The number of aromatic nitrogens is 3. The summed E-state index contributed by atoms with van der Waals surface area (Å²) in [5.74, 6) is 3.33. The lowest BCUT2D eigenvalue weighted by molar-refractivity contribution is 0.0700. The van der Waals surface area contributed by atoms with E-state index in [0.717, 1.165) is 67.5 Å². The molecule has 3 atom stereocenters. The second-order valence-electron chi connectivity index (χ2n) is 12.8. The molecule has 2 aliphatic heterocycles. The molecular weight excluding hydrogens is 500 g/mol. The van der Waals surface area contributed by atoms with Crippen molar-refractivity contribution >= 4 is 27.8 Å². The number of methoxy groups -OCH3 is 1. The molecule has 2 aliphatic carbocycles. The highest BCUT2D eigenvalue weighted by molar-refractivity contribution is 6.00. The third-order valence-electron chi connectivity index (χ3n) is 10.1. The van der Waals surface area contributed by atoms with Crippen LogP contribution in [0.4, 0.5) is 0 Å². The third-order valence-corrected chi connectivity index (χ3v) is 10.1. The zero-order valence-electron chi connectivity index (χ0n) is 23.6. The van der Waals surface area contributed by atoms with Crippen molar-refractivity contribution in [2.45, 2.75) is 50.2 Å². The summed E-state index contributed by atoms with van der Waals surface area (Å²) >= 11 is 0. The topological polar surface area (TPSA) is 81.6 Å². The molecule has 0 unspecified atom stereocenters. The van der Waals surface area contributed by atoms with Gasteiger partial charge >= 0.3 is 0 Å². The van der Waals surface area contributed by atoms with Gasteiger partial charge in [0.25, 0.3) is 5.91 Å². The summed E-state index contributed by atoms with van der Waals surface area (Å²) in [5.41, 5.74) is 12.7. The summed E-state index contributed by atoms with van der Waals surface area (Å²) in [6, 6.07) is 13.1. The molecule has 2 N–H and O–H groups in total. The number of ether oxygens (including phenoxy) is 1. The molecule has 2 saturated heterocycles. The number of piperidine rings is 1.